The van der Waals surface area contributed by atoms with E-state index in [0.29, 0.717) is 19.2 Å². The number of benzene rings is 1. The first-order chi connectivity index (χ1) is 9.67. The monoisotopic (exact) mass is 280 g/mol. The summed E-state index contributed by atoms with van der Waals surface area (Å²) in [4.78, 5) is 2.29. The highest BCUT2D eigenvalue weighted by Crippen LogP contribution is 2.17. The van der Waals surface area contributed by atoms with Gasteiger partial charge in [-0.15, -0.1) is 0 Å². The van der Waals surface area contributed by atoms with Crippen molar-refractivity contribution in [3.8, 4) is 11.5 Å². The summed E-state index contributed by atoms with van der Waals surface area (Å²) in [6.45, 7) is 3.03. The van der Waals surface area contributed by atoms with Crippen molar-refractivity contribution in [3.05, 3.63) is 24.3 Å². The molecular weight excluding hydrogens is 256 g/mol. The van der Waals surface area contributed by atoms with E-state index in [1.807, 2.05) is 24.3 Å². The molecule has 1 heterocycles. The van der Waals surface area contributed by atoms with Crippen LogP contribution in [0.3, 0.4) is 0 Å². The Morgan fingerprint density at radius 3 is 2.65 bits per heavy atom. The molecule has 0 aromatic heterocycles. The predicted molar refractivity (Wildman–Crippen MR) is 78.4 cm³/mol. The number of methoxy groups -OCH3 is 1. The molecule has 0 aliphatic carbocycles. The number of hydrogen-bond acceptors (Lipinski definition) is 5. The number of likely N-dealkylation sites (N-methyl/N-ethyl adjacent to an activating group) is 1. The number of aliphatic hydroxyl groups is 1. The zero-order chi connectivity index (χ0) is 14.4. The Labute approximate surface area is 120 Å². The maximum atomic E-state index is 9.91. The van der Waals surface area contributed by atoms with E-state index in [9.17, 15) is 5.11 Å². The van der Waals surface area contributed by atoms with Crippen LogP contribution >= 0.6 is 0 Å². The lowest BCUT2D eigenvalue weighted by atomic mass is 10.2. The number of nitrogens with zero attached hydrogens (tertiary/aromatic N) is 1. The first-order valence-electron chi connectivity index (χ1n) is 7.04. The summed E-state index contributed by atoms with van der Waals surface area (Å²) < 4.78 is 10.6. The summed E-state index contributed by atoms with van der Waals surface area (Å²) in [6.07, 6.45) is 0.644. The highest BCUT2D eigenvalue weighted by Gasteiger charge is 2.19. The zero-order valence-electron chi connectivity index (χ0n) is 12.2. The molecule has 1 fully saturated rings. The number of likely N-dealkylation sites (tertiary alicyclic amines) is 1. The maximum Gasteiger partial charge on any atom is 0.119 e. The second kappa shape index (κ2) is 7.47. The molecule has 1 aromatic rings. The summed E-state index contributed by atoms with van der Waals surface area (Å²) in [5.41, 5.74) is 0. The van der Waals surface area contributed by atoms with Crippen LogP contribution in [0.2, 0.25) is 0 Å². The average Bonchev–Trinajstić information content (AvgIpc) is 2.89. The fourth-order valence-electron chi connectivity index (χ4n) is 2.33. The zero-order valence-corrected chi connectivity index (χ0v) is 12.2. The second-order valence-electron chi connectivity index (χ2n) is 5.30. The largest absolute Gasteiger partial charge is 0.497 e. The summed E-state index contributed by atoms with van der Waals surface area (Å²) in [7, 11) is 3.75. The molecule has 1 aliphatic heterocycles. The van der Waals surface area contributed by atoms with Crippen molar-refractivity contribution in [1.82, 2.24) is 10.2 Å². The first kappa shape index (κ1) is 15.1. The number of aliphatic hydroxyl groups excluding tert-OH is 1. The Morgan fingerprint density at radius 1 is 1.35 bits per heavy atom. The third kappa shape index (κ3) is 4.67. The smallest absolute Gasteiger partial charge is 0.119 e. The molecule has 0 saturated carbocycles. The maximum absolute atomic E-state index is 9.91. The molecule has 0 amide bonds. The van der Waals surface area contributed by atoms with Crippen molar-refractivity contribution in [3.63, 3.8) is 0 Å². The van der Waals surface area contributed by atoms with E-state index in [-0.39, 0.29) is 0 Å². The topological polar surface area (TPSA) is 54.0 Å². The van der Waals surface area contributed by atoms with Gasteiger partial charge in [0.2, 0.25) is 0 Å². The van der Waals surface area contributed by atoms with Gasteiger partial charge in [-0.2, -0.15) is 0 Å². The molecule has 112 valence electrons. The molecule has 1 saturated heterocycles. The van der Waals surface area contributed by atoms with Crippen LogP contribution in [-0.2, 0) is 0 Å². The molecule has 20 heavy (non-hydrogen) atoms. The van der Waals surface area contributed by atoms with E-state index in [0.717, 1.165) is 31.0 Å². The van der Waals surface area contributed by atoms with Crippen LogP contribution in [0, 0.1) is 0 Å². The van der Waals surface area contributed by atoms with Crippen LogP contribution in [0.25, 0.3) is 0 Å². The van der Waals surface area contributed by atoms with Crippen molar-refractivity contribution in [1.29, 1.82) is 0 Å². The molecule has 1 aromatic carbocycles. The van der Waals surface area contributed by atoms with Crippen LogP contribution in [0.4, 0.5) is 0 Å². The normalized spacial score (nSPS) is 20.9. The first-order valence-corrected chi connectivity index (χ1v) is 7.04. The average molecular weight is 280 g/mol. The van der Waals surface area contributed by atoms with Crippen LogP contribution in [0.1, 0.15) is 6.42 Å². The van der Waals surface area contributed by atoms with Gasteiger partial charge in [0.05, 0.1) is 7.11 Å². The Morgan fingerprint density at radius 2 is 2.05 bits per heavy atom. The Balaban J connectivity index is 1.65. The lowest BCUT2D eigenvalue weighted by molar-refractivity contribution is 0.104. The van der Waals surface area contributed by atoms with Crippen molar-refractivity contribution in [2.45, 2.75) is 18.6 Å². The highest BCUT2D eigenvalue weighted by molar-refractivity contribution is 5.31. The second-order valence-corrected chi connectivity index (χ2v) is 5.30. The van der Waals surface area contributed by atoms with E-state index < -0.39 is 6.10 Å². The quantitative estimate of drug-likeness (QED) is 0.771. The van der Waals surface area contributed by atoms with Gasteiger partial charge in [0.15, 0.2) is 0 Å². The molecule has 0 bridgehead atoms. The van der Waals surface area contributed by atoms with Crippen LogP contribution < -0.4 is 14.8 Å². The van der Waals surface area contributed by atoms with E-state index in [1.165, 1.54) is 0 Å². The lowest BCUT2D eigenvalue weighted by Gasteiger charge is -2.17. The molecule has 2 atom stereocenters. The minimum Gasteiger partial charge on any atom is -0.497 e. The Hall–Kier alpha value is -1.30. The fourth-order valence-corrected chi connectivity index (χ4v) is 2.33. The number of nitrogens with one attached hydrogen (secondary N) is 1. The number of rotatable bonds is 7. The molecule has 0 spiro atoms. The van der Waals surface area contributed by atoms with E-state index in [2.05, 4.69) is 17.3 Å². The van der Waals surface area contributed by atoms with Gasteiger partial charge in [0.25, 0.3) is 0 Å². The molecule has 2 unspecified atom stereocenters. The van der Waals surface area contributed by atoms with Gasteiger partial charge in [0, 0.05) is 19.1 Å². The summed E-state index contributed by atoms with van der Waals surface area (Å²) >= 11 is 0. The van der Waals surface area contributed by atoms with Gasteiger partial charge < -0.3 is 24.8 Å². The molecular formula is C15H24N2O3. The molecule has 5 nitrogen and oxygen atoms in total. The minimum atomic E-state index is -0.497. The lowest BCUT2D eigenvalue weighted by Crippen LogP contribution is -2.39. The molecule has 2 rings (SSSR count). The molecule has 1 aliphatic rings. The van der Waals surface area contributed by atoms with E-state index >= 15 is 0 Å². The van der Waals surface area contributed by atoms with Gasteiger partial charge in [-0.25, -0.2) is 0 Å². The third-order valence-electron chi connectivity index (χ3n) is 3.54. The van der Waals surface area contributed by atoms with E-state index in [1.54, 1.807) is 7.11 Å². The van der Waals surface area contributed by atoms with Gasteiger partial charge >= 0.3 is 0 Å². The van der Waals surface area contributed by atoms with E-state index in [4.69, 9.17) is 9.47 Å². The molecule has 0 radical (unpaired) electrons. The van der Waals surface area contributed by atoms with Crippen LogP contribution in [0.5, 0.6) is 11.5 Å². The van der Waals surface area contributed by atoms with Gasteiger partial charge in [-0.05, 0) is 44.3 Å². The SMILES string of the molecule is COc1ccc(OCC(O)CNC2CCN(C)C2)cc1. The summed E-state index contributed by atoms with van der Waals surface area (Å²) in [5, 5.41) is 13.3. The number of ether oxygens (including phenoxy) is 2. The number of hydrogen-bond donors (Lipinski definition) is 2. The highest BCUT2D eigenvalue weighted by atomic mass is 16.5. The fraction of sp³-hybridized carbons (Fsp3) is 0.600. The van der Waals surface area contributed by atoms with Crippen LogP contribution in [-0.4, -0.2) is 62.6 Å². The standard InChI is InChI=1S/C15H24N2O3/c1-17-8-7-12(10-17)16-9-13(18)11-20-15-5-3-14(19-2)4-6-15/h3-6,12-13,16,18H,7-11H2,1-2H3. The van der Waals surface area contributed by atoms with Gasteiger partial charge in [-0.1, -0.05) is 0 Å². The molecule has 2 N–H and O–H groups in total. The minimum absolute atomic E-state index is 0.294. The summed E-state index contributed by atoms with van der Waals surface area (Å²) in [6, 6.07) is 7.84. The van der Waals surface area contributed by atoms with Crippen molar-refractivity contribution < 1.29 is 14.6 Å². The third-order valence-corrected chi connectivity index (χ3v) is 3.54. The summed E-state index contributed by atoms with van der Waals surface area (Å²) in [5.74, 6) is 1.54. The van der Waals surface area contributed by atoms with Gasteiger partial charge in [0.1, 0.15) is 24.2 Å². The van der Waals surface area contributed by atoms with Gasteiger partial charge in [-0.3, -0.25) is 0 Å². The molecule has 5 heteroatoms. The Kier molecular flexibility index (Phi) is 5.64. The predicted octanol–water partition coefficient (Wildman–Crippen LogP) is 0.729. The van der Waals surface area contributed by atoms with Crippen molar-refractivity contribution in [2.24, 2.45) is 0 Å². The Bertz CT molecular complexity index is 397. The van der Waals surface area contributed by atoms with Crippen molar-refractivity contribution in [2.75, 3.05) is 40.4 Å². The van der Waals surface area contributed by atoms with Crippen molar-refractivity contribution >= 4 is 0 Å². The van der Waals surface area contributed by atoms with Crippen LogP contribution in [0.15, 0.2) is 24.3 Å².